The number of halogens is 4. The van der Waals surface area contributed by atoms with Crippen molar-refractivity contribution in [2.45, 2.75) is 18.3 Å². The number of thioether (sulfide) groups is 1. The molecule has 1 aliphatic rings. The minimum atomic E-state index is -4.49. The number of aliphatic imine (C=N–C) groups is 1. The topological polar surface area (TPSA) is 21.6 Å². The normalized spacial score (nSPS) is 20.7. The molecule has 0 radical (unpaired) electrons. The van der Waals surface area contributed by atoms with Crippen LogP contribution in [0.2, 0.25) is 4.34 Å². The Balaban J connectivity index is 2.42. The number of hydrogen-bond donors (Lipinski definition) is 0. The van der Waals surface area contributed by atoms with Gasteiger partial charge in [0.05, 0.1) is 21.7 Å². The fraction of sp³-hybridized carbons (Fsp3) is 0.462. The molecule has 2 rings (SSSR count). The summed E-state index contributed by atoms with van der Waals surface area (Å²) in [5, 5.41) is 0.187. The van der Waals surface area contributed by atoms with Crippen molar-refractivity contribution in [1.82, 2.24) is 0 Å². The van der Waals surface area contributed by atoms with Crippen molar-refractivity contribution in [3.63, 3.8) is 0 Å². The van der Waals surface area contributed by atoms with E-state index in [-0.39, 0.29) is 21.6 Å². The maximum absolute atomic E-state index is 13.4. The van der Waals surface area contributed by atoms with Crippen LogP contribution in [0.25, 0.3) is 5.57 Å². The van der Waals surface area contributed by atoms with Crippen LogP contribution < -0.4 is 0 Å². The van der Waals surface area contributed by atoms with Gasteiger partial charge in [-0.05, 0) is 25.3 Å². The van der Waals surface area contributed by atoms with Gasteiger partial charge in [-0.2, -0.15) is 24.9 Å². The minimum absolute atomic E-state index is 0.000528. The summed E-state index contributed by atoms with van der Waals surface area (Å²) in [6, 6.07) is 2.82. The molecule has 2 heterocycles. The third-order valence-electron chi connectivity index (χ3n) is 2.98. The zero-order valence-corrected chi connectivity index (χ0v) is 13.7. The fourth-order valence-electron chi connectivity index (χ4n) is 1.92. The van der Waals surface area contributed by atoms with Gasteiger partial charge in [0.15, 0.2) is 0 Å². The molecule has 1 aromatic heterocycles. The lowest BCUT2D eigenvalue weighted by molar-refractivity contribution is -0.0691. The molecular formula is C13H13ClF3NOS2. The van der Waals surface area contributed by atoms with E-state index in [0.717, 1.165) is 11.3 Å². The van der Waals surface area contributed by atoms with Crippen molar-refractivity contribution in [3.05, 3.63) is 26.9 Å². The molecule has 0 bridgehead atoms. The summed E-state index contributed by atoms with van der Waals surface area (Å²) in [5.41, 5.74) is -0.735. The van der Waals surface area contributed by atoms with Gasteiger partial charge in [0.25, 0.3) is 0 Å². The molecule has 116 valence electrons. The number of thiophene rings is 1. The summed E-state index contributed by atoms with van der Waals surface area (Å²) in [7, 11) is 0. The number of hydrogen-bond acceptors (Lipinski definition) is 4. The van der Waals surface area contributed by atoms with E-state index >= 15 is 0 Å². The summed E-state index contributed by atoms with van der Waals surface area (Å²) in [6.45, 7) is 2.21. The first-order valence-corrected chi connectivity index (χ1v) is 8.55. The Hall–Kier alpha value is -0.660. The van der Waals surface area contributed by atoms with Crippen LogP contribution in [0, 0.1) is 0 Å². The van der Waals surface area contributed by atoms with Gasteiger partial charge in [-0.3, -0.25) is 4.99 Å². The third kappa shape index (κ3) is 3.96. The summed E-state index contributed by atoms with van der Waals surface area (Å²) in [5.74, 6) is 0.0668. The maximum atomic E-state index is 13.4. The highest BCUT2D eigenvalue weighted by Crippen LogP contribution is 2.41. The van der Waals surface area contributed by atoms with Crippen molar-refractivity contribution >= 4 is 46.2 Å². The van der Waals surface area contributed by atoms with Crippen LogP contribution in [0.1, 0.15) is 11.8 Å². The Morgan fingerprint density at radius 1 is 1.48 bits per heavy atom. The van der Waals surface area contributed by atoms with E-state index in [0.29, 0.717) is 17.5 Å². The number of nitrogens with zero attached hydrogens (tertiary/aromatic N) is 1. The zero-order valence-electron chi connectivity index (χ0n) is 11.3. The van der Waals surface area contributed by atoms with Crippen LogP contribution in [0.4, 0.5) is 13.2 Å². The Labute approximate surface area is 134 Å². The van der Waals surface area contributed by atoms with Gasteiger partial charge in [-0.1, -0.05) is 11.6 Å². The molecule has 2 nitrogen and oxygen atoms in total. The van der Waals surface area contributed by atoms with E-state index in [1.54, 1.807) is 11.8 Å². The lowest BCUT2D eigenvalue weighted by Gasteiger charge is -2.23. The van der Waals surface area contributed by atoms with Gasteiger partial charge in [-0.25, -0.2) is 0 Å². The first-order chi connectivity index (χ1) is 9.82. The van der Waals surface area contributed by atoms with E-state index in [9.17, 15) is 13.2 Å². The molecule has 0 saturated heterocycles. The molecule has 0 spiro atoms. The maximum Gasteiger partial charge on any atom is 0.418 e. The predicted octanol–water partition coefficient (Wildman–Crippen LogP) is 4.90. The number of ether oxygens (including phenoxy) is 1. The second-order valence-corrected chi connectivity index (χ2v) is 7.27. The molecule has 0 N–H and O–H groups in total. The molecule has 0 saturated carbocycles. The smallest absolute Gasteiger partial charge is 0.418 e. The van der Waals surface area contributed by atoms with Crippen molar-refractivity contribution in [3.8, 4) is 0 Å². The predicted molar refractivity (Wildman–Crippen MR) is 83.5 cm³/mol. The van der Waals surface area contributed by atoms with Crippen LogP contribution in [-0.4, -0.2) is 36.7 Å². The summed E-state index contributed by atoms with van der Waals surface area (Å²) in [6.07, 6.45) is -2.56. The van der Waals surface area contributed by atoms with Crippen LogP contribution >= 0.6 is 34.7 Å². The Morgan fingerprint density at radius 3 is 2.62 bits per heavy atom. The van der Waals surface area contributed by atoms with Crippen molar-refractivity contribution in [1.29, 1.82) is 0 Å². The second-order valence-electron chi connectivity index (χ2n) is 4.42. The van der Waals surface area contributed by atoms with Crippen LogP contribution in [-0.2, 0) is 4.74 Å². The van der Waals surface area contributed by atoms with Gasteiger partial charge in [0.2, 0.25) is 5.90 Å². The molecule has 0 aliphatic carbocycles. The van der Waals surface area contributed by atoms with E-state index in [2.05, 4.69) is 4.99 Å². The van der Waals surface area contributed by atoms with Gasteiger partial charge >= 0.3 is 6.18 Å². The highest BCUT2D eigenvalue weighted by atomic mass is 35.5. The molecule has 1 aromatic rings. The standard InChI is InChI=1S/C13H13ClF3NOS2/c1-7(12-18-5-8(20-2)6-19-12)11(13(15,16)17)9-3-4-10(14)21-9/h3-4,8H,5-6H2,1-2H3. The Kier molecular flexibility index (Phi) is 5.27. The second kappa shape index (κ2) is 6.62. The quantitative estimate of drug-likeness (QED) is 0.769. The minimum Gasteiger partial charge on any atom is -0.476 e. The highest BCUT2D eigenvalue weighted by Gasteiger charge is 2.39. The molecule has 0 fully saturated rings. The van der Waals surface area contributed by atoms with E-state index in [4.69, 9.17) is 16.3 Å². The summed E-state index contributed by atoms with van der Waals surface area (Å²) in [4.78, 5) is 4.21. The zero-order chi connectivity index (χ0) is 15.6. The van der Waals surface area contributed by atoms with Gasteiger partial charge < -0.3 is 4.74 Å². The molecule has 21 heavy (non-hydrogen) atoms. The fourth-order valence-corrected chi connectivity index (χ4v) is 3.51. The third-order valence-corrected chi connectivity index (χ3v) is 5.18. The van der Waals surface area contributed by atoms with Crippen LogP contribution in [0.3, 0.4) is 0 Å². The molecular weight excluding hydrogens is 343 g/mol. The van der Waals surface area contributed by atoms with E-state index < -0.39 is 11.7 Å². The summed E-state index contributed by atoms with van der Waals surface area (Å²) >= 11 is 8.23. The molecule has 1 atom stereocenters. The molecule has 0 amide bonds. The monoisotopic (exact) mass is 355 g/mol. The van der Waals surface area contributed by atoms with E-state index in [1.807, 2.05) is 6.26 Å². The largest absolute Gasteiger partial charge is 0.476 e. The van der Waals surface area contributed by atoms with Gasteiger partial charge in [0, 0.05) is 10.5 Å². The van der Waals surface area contributed by atoms with E-state index in [1.165, 1.54) is 19.1 Å². The molecule has 8 heteroatoms. The lowest BCUT2D eigenvalue weighted by atomic mass is 10.1. The summed E-state index contributed by atoms with van der Waals surface area (Å²) < 4.78 is 45.8. The number of rotatable bonds is 3. The van der Waals surface area contributed by atoms with Gasteiger partial charge in [0.1, 0.15) is 6.61 Å². The molecule has 0 aromatic carbocycles. The van der Waals surface area contributed by atoms with Crippen LogP contribution in [0.15, 0.2) is 22.7 Å². The first-order valence-electron chi connectivity index (χ1n) is 6.07. The SMILES string of the molecule is CSC1CN=C(C(C)=C(c2ccc(Cl)s2)C(F)(F)F)OC1. The average Bonchev–Trinajstić information content (AvgIpc) is 2.83. The van der Waals surface area contributed by atoms with Crippen molar-refractivity contribution in [2.75, 3.05) is 19.4 Å². The number of alkyl halides is 3. The Bertz CT molecular complexity index is 580. The molecule has 1 unspecified atom stereocenters. The number of allylic oxidation sites excluding steroid dienone is 1. The van der Waals surface area contributed by atoms with Crippen molar-refractivity contribution < 1.29 is 17.9 Å². The highest BCUT2D eigenvalue weighted by molar-refractivity contribution is 7.99. The van der Waals surface area contributed by atoms with Crippen molar-refractivity contribution in [2.24, 2.45) is 4.99 Å². The van der Waals surface area contributed by atoms with Gasteiger partial charge in [-0.15, -0.1) is 11.3 Å². The average molecular weight is 356 g/mol. The first kappa shape index (κ1) is 16.7. The molecule has 1 aliphatic heterocycles. The van der Waals surface area contributed by atoms with Crippen LogP contribution in [0.5, 0.6) is 0 Å². The Morgan fingerprint density at radius 2 is 2.19 bits per heavy atom. The lowest BCUT2D eigenvalue weighted by Crippen LogP contribution is -2.27.